The summed E-state index contributed by atoms with van der Waals surface area (Å²) in [5.74, 6) is -0.789. The lowest BCUT2D eigenvalue weighted by Crippen LogP contribution is -2.47. The first-order chi connectivity index (χ1) is 13.6. The molecule has 1 N–H and O–H groups in total. The molecular weight excluding hydrogens is 356 g/mol. The molecule has 4 rings (SSSR count). The van der Waals surface area contributed by atoms with Crippen molar-refractivity contribution in [3.05, 3.63) is 42.1 Å². The third-order valence-corrected chi connectivity index (χ3v) is 5.71. The standard InChI is InChI=1S/C20H26N6O2/c1-2-24-11-10-16-8-9-17(13-24)26(16)20(28)19(27)21-18-14-25(23-22-18)12-15-6-4-3-5-7-15/h3-7,14,16-17H,2,8-13H2,1H3,(H,21,27)/t16-,17+/m1/s1. The molecule has 0 unspecified atom stereocenters. The number of rotatable bonds is 4. The maximum Gasteiger partial charge on any atom is 0.315 e. The van der Waals surface area contributed by atoms with Crippen molar-refractivity contribution in [3.63, 3.8) is 0 Å². The molecule has 2 aliphatic heterocycles. The first kappa shape index (κ1) is 18.6. The quantitative estimate of drug-likeness (QED) is 0.807. The Labute approximate surface area is 164 Å². The van der Waals surface area contributed by atoms with Crippen molar-refractivity contribution in [2.75, 3.05) is 25.0 Å². The van der Waals surface area contributed by atoms with E-state index in [1.807, 2.05) is 30.3 Å². The number of amides is 2. The summed E-state index contributed by atoms with van der Waals surface area (Å²) in [5.41, 5.74) is 1.09. The maximum atomic E-state index is 12.8. The fourth-order valence-electron chi connectivity index (χ4n) is 4.25. The molecule has 2 fully saturated rings. The molecule has 28 heavy (non-hydrogen) atoms. The molecular formula is C20H26N6O2. The number of carbonyl (C=O) groups is 2. The van der Waals surface area contributed by atoms with E-state index < -0.39 is 11.8 Å². The highest BCUT2D eigenvalue weighted by atomic mass is 16.2. The van der Waals surface area contributed by atoms with Crippen LogP contribution in [-0.2, 0) is 16.1 Å². The third kappa shape index (κ3) is 3.91. The molecule has 8 nitrogen and oxygen atoms in total. The molecule has 2 amide bonds. The van der Waals surface area contributed by atoms with E-state index in [1.54, 1.807) is 15.8 Å². The minimum absolute atomic E-state index is 0.125. The van der Waals surface area contributed by atoms with Crippen LogP contribution in [0.25, 0.3) is 0 Å². The Morgan fingerprint density at radius 1 is 1.14 bits per heavy atom. The second kappa shape index (κ2) is 8.10. The molecule has 0 spiro atoms. The number of likely N-dealkylation sites (tertiary alicyclic amines) is 1. The maximum absolute atomic E-state index is 12.8. The molecule has 0 radical (unpaired) electrons. The van der Waals surface area contributed by atoms with E-state index >= 15 is 0 Å². The van der Waals surface area contributed by atoms with Gasteiger partial charge in [-0.15, -0.1) is 5.10 Å². The third-order valence-electron chi connectivity index (χ3n) is 5.71. The van der Waals surface area contributed by atoms with Crippen LogP contribution in [0.2, 0.25) is 0 Å². The SMILES string of the molecule is CCN1CC[C@H]2CC[C@@H](C1)N2C(=O)C(=O)Nc1cn(Cc2ccccc2)nn1. The van der Waals surface area contributed by atoms with Gasteiger partial charge in [-0.05, 0) is 31.4 Å². The first-order valence-electron chi connectivity index (χ1n) is 9.94. The number of nitrogens with zero attached hydrogens (tertiary/aromatic N) is 5. The van der Waals surface area contributed by atoms with Crippen molar-refractivity contribution in [1.82, 2.24) is 24.8 Å². The summed E-state index contributed by atoms with van der Waals surface area (Å²) in [6.45, 7) is 5.50. The smallest absolute Gasteiger partial charge is 0.315 e. The van der Waals surface area contributed by atoms with Crippen LogP contribution in [-0.4, -0.2) is 68.3 Å². The van der Waals surface area contributed by atoms with Crippen LogP contribution in [0.5, 0.6) is 0 Å². The highest BCUT2D eigenvalue weighted by molar-refractivity contribution is 6.39. The number of aromatic nitrogens is 3. The van der Waals surface area contributed by atoms with Crippen molar-refractivity contribution >= 4 is 17.6 Å². The van der Waals surface area contributed by atoms with Gasteiger partial charge in [-0.1, -0.05) is 42.5 Å². The van der Waals surface area contributed by atoms with E-state index in [0.717, 1.165) is 44.5 Å². The molecule has 2 saturated heterocycles. The lowest BCUT2D eigenvalue weighted by Gasteiger charge is -2.28. The minimum Gasteiger partial charge on any atom is -0.327 e. The summed E-state index contributed by atoms with van der Waals surface area (Å²) in [4.78, 5) is 29.6. The summed E-state index contributed by atoms with van der Waals surface area (Å²) in [6, 6.07) is 10.2. The largest absolute Gasteiger partial charge is 0.327 e. The second-order valence-electron chi connectivity index (χ2n) is 7.52. The molecule has 8 heteroatoms. The monoisotopic (exact) mass is 382 g/mol. The molecule has 1 aromatic heterocycles. The predicted octanol–water partition coefficient (Wildman–Crippen LogP) is 1.35. The van der Waals surface area contributed by atoms with Gasteiger partial charge in [0.05, 0.1) is 12.7 Å². The lowest BCUT2D eigenvalue weighted by molar-refractivity contribution is -0.145. The Kier molecular flexibility index (Phi) is 5.38. The topological polar surface area (TPSA) is 83.4 Å². The Morgan fingerprint density at radius 2 is 1.93 bits per heavy atom. The zero-order valence-corrected chi connectivity index (χ0v) is 16.1. The van der Waals surface area contributed by atoms with Gasteiger partial charge < -0.3 is 9.80 Å². The van der Waals surface area contributed by atoms with Gasteiger partial charge in [0.15, 0.2) is 5.82 Å². The summed E-state index contributed by atoms with van der Waals surface area (Å²) in [7, 11) is 0. The Morgan fingerprint density at radius 3 is 2.71 bits per heavy atom. The molecule has 2 aromatic rings. The van der Waals surface area contributed by atoms with Crippen LogP contribution in [0.1, 0.15) is 31.7 Å². The van der Waals surface area contributed by atoms with Gasteiger partial charge in [-0.2, -0.15) is 0 Å². The van der Waals surface area contributed by atoms with Gasteiger partial charge in [-0.3, -0.25) is 14.9 Å². The van der Waals surface area contributed by atoms with E-state index in [-0.39, 0.29) is 12.1 Å². The number of hydrogen-bond donors (Lipinski definition) is 1. The van der Waals surface area contributed by atoms with E-state index in [0.29, 0.717) is 12.4 Å². The Bertz CT molecular complexity index is 836. The van der Waals surface area contributed by atoms with Gasteiger partial charge in [0.25, 0.3) is 0 Å². The number of carbonyl (C=O) groups excluding carboxylic acids is 2. The molecule has 148 valence electrons. The van der Waals surface area contributed by atoms with Crippen LogP contribution in [0.15, 0.2) is 36.5 Å². The Balaban J connectivity index is 1.39. The van der Waals surface area contributed by atoms with Crippen LogP contribution in [0, 0.1) is 0 Å². The van der Waals surface area contributed by atoms with E-state index in [9.17, 15) is 9.59 Å². The van der Waals surface area contributed by atoms with Gasteiger partial charge in [0, 0.05) is 25.2 Å². The van der Waals surface area contributed by atoms with Crippen LogP contribution in [0.3, 0.4) is 0 Å². The van der Waals surface area contributed by atoms with Crippen molar-refractivity contribution in [2.24, 2.45) is 0 Å². The van der Waals surface area contributed by atoms with Crippen LogP contribution >= 0.6 is 0 Å². The molecule has 0 aliphatic carbocycles. The zero-order chi connectivity index (χ0) is 19.5. The molecule has 2 atom stereocenters. The zero-order valence-electron chi connectivity index (χ0n) is 16.1. The van der Waals surface area contributed by atoms with Gasteiger partial charge in [0.2, 0.25) is 0 Å². The van der Waals surface area contributed by atoms with Gasteiger partial charge in [-0.25, -0.2) is 4.68 Å². The number of likely N-dealkylation sites (N-methyl/N-ethyl adjacent to an activating group) is 1. The number of benzene rings is 1. The van der Waals surface area contributed by atoms with Crippen molar-refractivity contribution in [2.45, 2.75) is 44.8 Å². The van der Waals surface area contributed by atoms with Crippen molar-refractivity contribution in [1.29, 1.82) is 0 Å². The fraction of sp³-hybridized carbons (Fsp3) is 0.500. The van der Waals surface area contributed by atoms with E-state index in [1.165, 1.54) is 0 Å². The van der Waals surface area contributed by atoms with Crippen LogP contribution < -0.4 is 5.32 Å². The number of fused-ring (bicyclic) bond motifs is 2. The van der Waals surface area contributed by atoms with Crippen LogP contribution in [0.4, 0.5) is 5.82 Å². The lowest BCUT2D eigenvalue weighted by atomic mass is 10.1. The normalized spacial score (nSPS) is 22.1. The van der Waals surface area contributed by atoms with E-state index in [4.69, 9.17) is 0 Å². The predicted molar refractivity (Wildman–Crippen MR) is 105 cm³/mol. The average Bonchev–Trinajstić information content (AvgIpc) is 3.25. The number of nitrogens with one attached hydrogen (secondary N) is 1. The molecule has 0 saturated carbocycles. The molecule has 1 aromatic carbocycles. The highest BCUT2D eigenvalue weighted by Gasteiger charge is 2.41. The highest BCUT2D eigenvalue weighted by Crippen LogP contribution is 2.30. The van der Waals surface area contributed by atoms with Crippen molar-refractivity contribution < 1.29 is 9.59 Å². The molecule has 2 aliphatic rings. The number of hydrogen-bond acceptors (Lipinski definition) is 5. The second-order valence-corrected chi connectivity index (χ2v) is 7.52. The summed E-state index contributed by atoms with van der Waals surface area (Å²) in [5, 5.41) is 10.6. The average molecular weight is 382 g/mol. The fourth-order valence-corrected chi connectivity index (χ4v) is 4.25. The molecule has 3 heterocycles. The molecule has 2 bridgehead atoms. The summed E-state index contributed by atoms with van der Waals surface area (Å²) < 4.78 is 1.64. The van der Waals surface area contributed by atoms with Crippen molar-refractivity contribution in [3.8, 4) is 0 Å². The first-order valence-corrected chi connectivity index (χ1v) is 9.94. The van der Waals surface area contributed by atoms with E-state index in [2.05, 4.69) is 27.5 Å². The van der Waals surface area contributed by atoms with Gasteiger partial charge in [0.1, 0.15) is 0 Å². The summed E-state index contributed by atoms with van der Waals surface area (Å²) in [6.07, 6.45) is 4.52. The minimum atomic E-state index is -0.631. The van der Waals surface area contributed by atoms with Gasteiger partial charge >= 0.3 is 11.8 Å². The summed E-state index contributed by atoms with van der Waals surface area (Å²) >= 11 is 0. The Hall–Kier alpha value is -2.74. The number of anilines is 1.